The van der Waals surface area contributed by atoms with E-state index in [4.69, 9.17) is 16.3 Å². The van der Waals surface area contributed by atoms with Crippen molar-refractivity contribution in [3.8, 4) is 11.8 Å². The first-order chi connectivity index (χ1) is 14.1. The van der Waals surface area contributed by atoms with Crippen molar-refractivity contribution in [3.63, 3.8) is 0 Å². The van der Waals surface area contributed by atoms with E-state index in [0.717, 1.165) is 5.69 Å². The van der Waals surface area contributed by atoms with Gasteiger partial charge in [0.15, 0.2) is 5.69 Å². The zero-order valence-corrected chi connectivity index (χ0v) is 16.6. The number of hydrogen-bond acceptors (Lipinski definition) is 6. The summed E-state index contributed by atoms with van der Waals surface area (Å²) in [6, 6.07) is 11.3. The van der Waals surface area contributed by atoms with Crippen LogP contribution < -0.4 is 9.64 Å². The number of benzene rings is 1. The number of nitrogens with zero attached hydrogens (tertiary/aromatic N) is 6. The number of carbonyl (C=O) groups is 1. The van der Waals surface area contributed by atoms with Crippen LogP contribution in [0.3, 0.4) is 0 Å². The molecule has 0 radical (unpaired) electrons. The van der Waals surface area contributed by atoms with Gasteiger partial charge in [0.1, 0.15) is 23.9 Å². The minimum absolute atomic E-state index is 0.0314. The van der Waals surface area contributed by atoms with Crippen molar-refractivity contribution in [2.24, 2.45) is 0 Å². The lowest BCUT2D eigenvalue weighted by molar-refractivity contribution is -0.132. The number of rotatable bonds is 4. The van der Waals surface area contributed by atoms with Crippen LogP contribution in [0, 0.1) is 11.3 Å². The van der Waals surface area contributed by atoms with Gasteiger partial charge in [0.25, 0.3) is 0 Å². The second-order valence-corrected chi connectivity index (χ2v) is 7.08. The smallest absolute Gasteiger partial charge is 0.244 e. The fraction of sp³-hybridized carbons (Fsp3) is 0.300. The molecule has 1 amide bonds. The van der Waals surface area contributed by atoms with E-state index in [-0.39, 0.29) is 18.1 Å². The largest absolute Gasteiger partial charge is 0.495 e. The molecule has 3 aromatic rings. The standard InChI is InChI=1S/C20H19ClN6O2/c1-29-18-11-14(4-5-15(18)21)25-7-9-26(10-8-25)19(28)13-27-17-3-2-6-23-20(17)16(12-22)24-27/h2-6,11H,7-10,13H2,1H3. The first-order valence-corrected chi connectivity index (χ1v) is 9.56. The van der Waals surface area contributed by atoms with Crippen molar-refractivity contribution in [1.29, 1.82) is 5.26 Å². The molecule has 0 saturated carbocycles. The predicted molar refractivity (Wildman–Crippen MR) is 109 cm³/mol. The monoisotopic (exact) mass is 410 g/mol. The normalized spacial score (nSPS) is 14.1. The molecule has 1 aliphatic heterocycles. The molecule has 0 aliphatic carbocycles. The van der Waals surface area contributed by atoms with Crippen molar-refractivity contribution >= 4 is 34.2 Å². The van der Waals surface area contributed by atoms with Gasteiger partial charge < -0.3 is 14.5 Å². The third-order valence-corrected chi connectivity index (χ3v) is 5.34. The molecule has 1 aliphatic rings. The van der Waals surface area contributed by atoms with E-state index in [1.807, 2.05) is 35.2 Å². The van der Waals surface area contributed by atoms with Crippen LogP contribution in [0.2, 0.25) is 5.02 Å². The molecule has 2 aromatic heterocycles. The van der Waals surface area contributed by atoms with Gasteiger partial charge in [-0.25, -0.2) is 0 Å². The van der Waals surface area contributed by atoms with Crippen molar-refractivity contribution in [2.75, 3.05) is 38.2 Å². The first-order valence-electron chi connectivity index (χ1n) is 9.18. The average molecular weight is 411 g/mol. The Balaban J connectivity index is 1.43. The highest BCUT2D eigenvalue weighted by Gasteiger charge is 2.23. The van der Waals surface area contributed by atoms with Gasteiger partial charge in [-0.15, -0.1) is 0 Å². The van der Waals surface area contributed by atoms with Gasteiger partial charge in [0.2, 0.25) is 5.91 Å². The Morgan fingerprint density at radius 2 is 2.07 bits per heavy atom. The number of methoxy groups -OCH3 is 1. The van der Waals surface area contributed by atoms with Gasteiger partial charge in [0, 0.05) is 44.1 Å². The summed E-state index contributed by atoms with van der Waals surface area (Å²) in [4.78, 5) is 21.0. The quantitative estimate of drug-likeness (QED) is 0.656. The second kappa shape index (κ2) is 7.97. The maximum Gasteiger partial charge on any atom is 0.244 e. The van der Waals surface area contributed by atoms with E-state index in [0.29, 0.717) is 48.0 Å². The Morgan fingerprint density at radius 1 is 1.28 bits per heavy atom. The number of hydrogen-bond donors (Lipinski definition) is 0. The van der Waals surface area contributed by atoms with Crippen LogP contribution in [-0.2, 0) is 11.3 Å². The molecule has 9 heteroatoms. The highest BCUT2D eigenvalue weighted by Crippen LogP contribution is 2.29. The van der Waals surface area contributed by atoms with Crippen LogP contribution in [0.1, 0.15) is 5.69 Å². The maximum atomic E-state index is 12.8. The summed E-state index contributed by atoms with van der Waals surface area (Å²) in [5.41, 5.74) is 2.45. The Bertz CT molecular complexity index is 1100. The molecule has 0 atom stereocenters. The molecule has 0 bridgehead atoms. The lowest BCUT2D eigenvalue weighted by Gasteiger charge is -2.36. The number of ether oxygens (including phenoxy) is 1. The number of carbonyl (C=O) groups excluding carboxylic acids is 1. The molecule has 0 N–H and O–H groups in total. The summed E-state index contributed by atoms with van der Waals surface area (Å²) in [5.74, 6) is 0.603. The second-order valence-electron chi connectivity index (χ2n) is 6.68. The van der Waals surface area contributed by atoms with E-state index in [9.17, 15) is 10.1 Å². The highest BCUT2D eigenvalue weighted by molar-refractivity contribution is 6.32. The number of anilines is 1. The van der Waals surface area contributed by atoms with E-state index in [2.05, 4.69) is 15.0 Å². The molecule has 148 valence electrons. The summed E-state index contributed by atoms with van der Waals surface area (Å²) < 4.78 is 6.84. The summed E-state index contributed by atoms with van der Waals surface area (Å²) >= 11 is 6.10. The van der Waals surface area contributed by atoms with Crippen LogP contribution in [-0.4, -0.2) is 58.9 Å². The molecule has 1 aromatic carbocycles. The third-order valence-electron chi connectivity index (χ3n) is 5.03. The number of halogens is 1. The van der Waals surface area contributed by atoms with Gasteiger partial charge in [-0.2, -0.15) is 10.4 Å². The van der Waals surface area contributed by atoms with Crippen LogP contribution in [0.4, 0.5) is 5.69 Å². The molecule has 8 nitrogen and oxygen atoms in total. The summed E-state index contributed by atoms with van der Waals surface area (Å²) in [5, 5.41) is 14.1. The van der Waals surface area contributed by atoms with Crippen LogP contribution in [0.5, 0.6) is 5.75 Å². The zero-order chi connectivity index (χ0) is 20.4. The van der Waals surface area contributed by atoms with Crippen molar-refractivity contribution < 1.29 is 9.53 Å². The fourth-order valence-corrected chi connectivity index (χ4v) is 3.69. The molecule has 0 unspecified atom stereocenters. The summed E-state index contributed by atoms with van der Waals surface area (Å²) in [6.45, 7) is 2.71. The lowest BCUT2D eigenvalue weighted by atomic mass is 10.2. The van der Waals surface area contributed by atoms with E-state index in [1.54, 1.807) is 24.1 Å². The summed E-state index contributed by atoms with van der Waals surface area (Å²) in [7, 11) is 1.59. The van der Waals surface area contributed by atoms with E-state index in [1.165, 1.54) is 0 Å². The Hall–Kier alpha value is -3.31. The number of aromatic nitrogens is 3. The molecule has 3 heterocycles. The minimum Gasteiger partial charge on any atom is -0.495 e. The Labute approximate surface area is 172 Å². The number of amides is 1. The van der Waals surface area contributed by atoms with Gasteiger partial charge in [-0.3, -0.25) is 14.5 Å². The molecule has 1 fully saturated rings. The Kier molecular flexibility index (Phi) is 5.23. The first kappa shape index (κ1) is 19.0. The SMILES string of the molecule is COc1cc(N2CCN(C(=O)Cn3nc(C#N)c4ncccc43)CC2)ccc1Cl. The van der Waals surface area contributed by atoms with E-state index < -0.39 is 0 Å². The van der Waals surface area contributed by atoms with Crippen molar-refractivity contribution in [1.82, 2.24) is 19.7 Å². The third kappa shape index (κ3) is 3.69. The number of piperazine rings is 1. The lowest BCUT2D eigenvalue weighted by Crippen LogP contribution is -2.49. The fourth-order valence-electron chi connectivity index (χ4n) is 3.49. The van der Waals surface area contributed by atoms with Gasteiger partial charge in [-0.05, 0) is 24.3 Å². The topological polar surface area (TPSA) is 87.3 Å². The average Bonchev–Trinajstić information content (AvgIpc) is 3.12. The molecule has 0 spiro atoms. The number of pyridine rings is 1. The summed E-state index contributed by atoms with van der Waals surface area (Å²) in [6.07, 6.45) is 1.61. The number of fused-ring (bicyclic) bond motifs is 1. The molecular weight excluding hydrogens is 392 g/mol. The predicted octanol–water partition coefficient (Wildman–Crippen LogP) is 2.31. The zero-order valence-electron chi connectivity index (χ0n) is 15.9. The maximum absolute atomic E-state index is 12.8. The van der Waals surface area contributed by atoms with Crippen molar-refractivity contribution in [2.45, 2.75) is 6.54 Å². The van der Waals surface area contributed by atoms with Crippen molar-refractivity contribution in [3.05, 3.63) is 47.2 Å². The molecular formula is C20H19ClN6O2. The van der Waals surface area contributed by atoms with E-state index >= 15 is 0 Å². The molecule has 1 saturated heterocycles. The molecule has 29 heavy (non-hydrogen) atoms. The number of nitriles is 1. The van der Waals surface area contributed by atoms with Crippen LogP contribution in [0.15, 0.2) is 36.5 Å². The molecule has 4 rings (SSSR count). The highest BCUT2D eigenvalue weighted by atomic mass is 35.5. The van der Waals surface area contributed by atoms with Gasteiger partial charge in [-0.1, -0.05) is 11.6 Å². The van der Waals surface area contributed by atoms with Gasteiger partial charge in [0.05, 0.1) is 17.6 Å². The van der Waals surface area contributed by atoms with Crippen LogP contribution >= 0.6 is 11.6 Å². The minimum atomic E-state index is -0.0314. The van der Waals surface area contributed by atoms with Crippen LogP contribution in [0.25, 0.3) is 11.0 Å². The van der Waals surface area contributed by atoms with Gasteiger partial charge >= 0.3 is 0 Å². The Morgan fingerprint density at radius 3 is 2.79 bits per heavy atom.